The summed E-state index contributed by atoms with van der Waals surface area (Å²) in [4.78, 5) is 56.2. The van der Waals surface area contributed by atoms with Crippen LogP contribution >= 0.6 is 0 Å². The van der Waals surface area contributed by atoms with Crippen molar-refractivity contribution in [2.24, 2.45) is 0 Å². The van der Waals surface area contributed by atoms with Gasteiger partial charge in [-0.2, -0.15) is 0 Å². The molecule has 0 saturated heterocycles. The second kappa shape index (κ2) is 14.3. The van der Waals surface area contributed by atoms with Crippen LogP contribution in [0.15, 0.2) is 48.5 Å². The smallest absolute Gasteiger partial charge is 0.408 e. The summed E-state index contributed by atoms with van der Waals surface area (Å²) in [6.07, 6.45) is 1.86. The number of hydrogen-bond acceptors (Lipinski definition) is 6. The molecule has 3 amide bonds. The summed E-state index contributed by atoms with van der Waals surface area (Å²) < 4.78 is 11.1. The first kappa shape index (κ1) is 34.6. The van der Waals surface area contributed by atoms with E-state index in [2.05, 4.69) is 10.6 Å². The van der Waals surface area contributed by atoms with Gasteiger partial charge in [0.25, 0.3) is 0 Å². The lowest BCUT2D eigenvalue weighted by molar-refractivity contribution is -0.159. The van der Waals surface area contributed by atoms with Gasteiger partial charge >= 0.3 is 12.1 Å². The molecule has 3 atom stereocenters. The summed E-state index contributed by atoms with van der Waals surface area (Å²) in [5.41, 5.74) is 1.86. The SMILES string of the molecule is Cc1ccc(C(C(=O)NC(Cc2ccccc2)C(=O)OC(C)(C)C)N(C(=O)C(C)NC(=O)OC(C)(C)C)C2CCC2)c(C)c1. The quantitative estimate of drug-likeness (QED) is 0.335. The summed E-state index contributed by atoms with van der Waals surface area (Å²) >= 11 is 0. The van der Waals surface area contributed by atoms with Crippen molar-refractivity contribution in [3.05, 3.63) is 70.8 Å². The molecular formula is C35H49N3O6. The minimum absolute atomic E-state index is 0.212. The number of esters is 1. The van der Waals surface area contributed by atoms with Gasteiger partial charge in [0.2, 0.25) is 11.8 Å². The highest BCUT2D eigenvalue weighted by molar-refractivity contribution is 5.94. The normalized spacial score (nSPS) is 15.7. The van der Waals surface area contributed by atoms with Crippen LogP contribution in [0.1, 0.15) is 96.0 Å². The second-order valence-corrected chi connectivity index (χ2v) is 13.7. The Morgan fingerprint density at radius 3 is 2.02 bits per heavy atom. The van der Waals surface area contributed by atoms with Crippen LogP contribution in [0.3, 0.4) is 0 Å². The fourth-order valence-electron chi connectivity index (χ4n) is 5.17. The summed E-state index contributed by atoms with van der Waals surface area (Å²) in [6.45, 7) is 16.0. The molecule has 0 spiro atoms. The van der Waals surface area contributed by atoms with Crippen LogP contribution in [0.25, 0.3) is 0 Å². The predicted molar refractivity (Wildman–Crippen MR) is 170 cm³/mol. The van der Waals surface area contributed by atoms with Crippen molar-refractivity contribution in [1.82, 2.24) is 15.5 Å². The number of nitrogens with zero attached hydrogens (tertiary/aromatic N) is 1. The fourth-order valence-corrected chi connectivity index (χ4v) is 5.17. The number of ether oxygens (including phenoxy) is 2. The molecule has 2 aromatic rings. The zero-order valence-electron chi connectivity index (χ0n) is 27.7. The van der Waals surface area contributed by atoms with Crippen molar-refractivity contribution in [2.75, 3.05) is 0 Å². The van der Waals surface area contributed by atoms with Crippen LogP contribution in [0, 0.1) is 13.8 Å². The molecule has 3 unspecified atom stereocenters. The lowest BCUT2D eigenvalue weighted by atomic mass is 9.87. The number of aryl methyl sites for hydroxylation is 2. The van der Waals surface area contributed by atoms with E-state index in [1.807, 2.05) is 62.4 Å². The van der Waals surface area contributed by atoms with E-state index in [9.17, 15) is 19.2 Å². The molecule has 1 aliphatic rings. The van der Waals surface area contributed by atoms with Gasteiger partial charge in [-0.05, 0) is 98.3 Å². The van der Waals surface area contributed by atoms with Crippen LogP contribution in [0.5, 0.6) is 0 Å². The van der Waals surface area contributed by atoms with Gasteiger partial charge in [-0.25, -0.2) is 9.59 Å². The van der Waals surface area contributed by atoms with Gasteiger partial charge in [0.15, 0.2) is 0 Å². The number of alkyl carbamates (subject to hydrolysis) is 1. The van der Waals surface area contributed by atoms with E-state index in [-0.39, 0.29) is 12.5 Å². The van der Waals surface area contributed by atoms with Gasteiger partial charge in [0.05, 0.1) is 0 Å². The molecule has 1 fully saturated rings. The standard InChI is InChI=1S/C35H49N3O6/c1-22-18-19-27(23(2)20-22)29(38(26-16-13-17-26)31(40)24(3)36-33(42)44-35(7,8)9)30(39)37-28(32(41)43-34(4,5)6)21-25-14-11-10-12-15-25/h10-12,14-15,18-20,24,26,28-29H,13,16-17,21H2,1-9H3,(H,36,42)(H,37,39). The van der Waals surface area contributed by atoms with Crippen molar-refractivity contribution in [3.63, 3.8) is 0 Å². The van der Waals surface area contributed by atoms with E-state index in [1.165, 1.54) is 0 Å². The number of hydrogen-bond donors (Lipinski definition) is 2. The number of nitrogens with one attached hydrogen (secondary N) is 2. The maximum atomic E-state index is 14.4. The maximum Gasteiger partial charge on any atom is 0.408 e. The molecule has 2 aromatic carbocycles. The van der Waals surface area contributed by atoms with E-state index in [4.69, 9.17) is 9.47 Å². The Hall–Kier alpha value is -3.88. The Morgan fingerprint density at radius 2 is 1.50 bits per heavy atom. The third-order valence-corrected chi connectivity index (χ3v) is 7.36. The topological polar surface area (TPSA) is 114 Å². The molecule has 44 heavy (non-hydrogen) atoms. The molecule has 2 N–H and O–H groups in total. The Labute approximate surface area is 262 Å². The average Bonchev–Trinajstić information content (AvgIpc) is 2.86. The first-order valence-electron chi connectivity index (χ1n) is 15.4. The minimum Gasteiger partial charge on any atom is -0.458 e. The Morgan fingerprint density at radius 1 is 0.886 bits per heavy atom. The fraction of sp³-hybridized carbons (Fsp3) is 0.543. The van der Waals surface area contributed by atoms with Crippen LogP contribution in [-0.4, -0.2) is 58.1 Å². The van der Waals surface area contributed by atoms with Crippen molar-refractivity contribution in [3.8, 4) is 0 Å². The highest BCUT2D eigenvalue weighted by Gasteiger charge is 2.42. The van der Waals surface area contributed by atoms with Crippen molar-refractivity contribution >= 4 is 23.9 Å². The van der Waals surface area contributed by atoms with Crippen molar-refractivity contribution in [1.29, 1.82) is 0 Å². The molecule has 9 heteroatoms. The van der Waals surface area contributed by atoms with Gasteiger partial charge in [0, 0.05) is 12.5 Å². The highest BCUT2D eigenvalue weighted by atomic mass is 16.6. The van der Waals surface area contributed by atoms with E-state index >= 15 is 0 Å². The van der Waals surface area contributed by atoms with Crippen molar-refractivity contribution in [2.45, 2.75) is 123 Å². The summed E-state index contributed by atoms with van der Waals surface area (Å²) in [5.74, 6) is -1.46. The average molecular weight is 608 g/mol. The summed E-state index contributed by atoms with van der Waals surface area (Å²) in [7, 11) is 0. The number of benzene rings is 2. The Bertz CT molecular complexity index is 1320. The van der Waals surface area contributed by atoms with Crippen LogP contribution < -0.4 is 10.6 Å². The summed E-state index contributed by atoms with van der Waals surface area (Å²) in [6, 6.07) is 11.9. The number of rotatable bonds is 10. The molecule has 0 aromatic heterocycles. The monoisotopic (exact) mass is 607 g/mol. The first-order valence-corrected chi connectivity index (χ1v) is 15.4. The second-order valence-electron chi connectivity index (χ2n) is 13.7. The van der Waals surface area contributed by atoms with E-state index < -0.39 is 53.2 Å². The molecule has 1 aliphatic carbocycles. The van der Waals surface area contributed by atoms with Crippen LogP contribution in [-0.2, 0) is 30.3 Å². The third kappa shape index (κ3) is 9.82. The number of amides is 3. The predicted octanol–water partition coefficient (Wildman–Crippen LogP) is 5.71. The number of carbonyl (C=O) groups is 4. The molecule has 240 valence electrons. The molecule has 9 nitrogen and oxygen atoms in total. The maximum absolute atomic E-state index is 14.4. The lowest BCUT2D eigenvalue weighted by Gasteiger charge is -2.44. The van der Waals surface area contributed by atoms with E-state index in [1.54, 1.807) is 53.4 Å². The zero-order chi connectivity index (χ0) is 32.8. The third-order valence-electron chi connectivity index (χ3n) is 7.36. The molecule has 0 bridgehead atoms. The molecule has 0 radical (unpaired) electrons. The van der Waals surface area contributed by atoms with Gasteiger partial charge in [-0.3, -0.25) is 9.59 Å². The Balaban J connectivity index is 2.03. The van der Waals surface area contributed by atoms with Gasteiger partial charge in [0.1, 0.15) is 29.3 Å². The number of carbonyl (C=O) groups excluding carboxylic acids is 4. The molecule has 3 rings (SSSR count). The summed E-state index contributed by atoms with van der Waals surface area (Å²) in [5, 5.41) is 5.61. The first-order chi connectivity index (χ1) is 20.4. The van der Waals surface area contributed by atoms with Crippen LogP contribution in [0.2, 0.25) is 0 Å². The van der Waals surface area contributed by atoms with E-state index in [0.29, 0.717) is 5.56 Å². The lowest BCUT2D eigenvalue weighted by Crippen LogP contribution is -2.58. The zero-order valence-corrected chi connectivity index (χ0v) is 27.7. The van der Waals surface area contributed by atoms with Crippen LogP contribution in [0.4, 0.5) is 4.79 Å². The Kier molecular flexibility index (Phi) is 11.2. The van der Waals surface area contributed by atoms with Gasteiger partial charge in [-0.15, -0.1) is 0 Å². The largest absolute Gasteiger partial charge is 0.458 e. The van der Waals surface area contributed by atoms with Crippen molar-refractivity contribution < 1.29 is 28.7 Å². The molecule has 1 saturated carbocycles. The van der Waals surface area contributed by atoms with E-state index in [0.717, 1.165) is 36.0 Å². The molecular weight excluding hydrogens is 558 g/mol. The molecule has 0 aliphatic heterocycles. The molecule has 0 heterocycles. The van der Waals surface area contributed by atoms with Gasteiger partial charge in [-0.1, -0.05) is 54.1 Å². The van der Waals surface area contributed by atoms with Gasteiger partial charge < -0.3 is 25.0 Å². The minimum atomic E-state index is -1.04. The highest BCUT2D eigenvalue weighted by Crippen LogP contribution is 2.35.